The lowest BCUT2D eigenvalue weighted by atomic mass is 9.90. The van der Waals surface area contributed by atoms with Crippen LogP contribution in [0.4, 0.5) is 0 Å². The maximum atomic E-state index is 13.7. The maximum Gasteiger partial charge on any atom is 0.306 e. The minimum Gasteiger partial charge on any atom is -0.469 e. The first-order valence-corrected chi connectivity index (χ1v) is 22.0. The summed E-state index contributed by atoms with van der Waals surface area (Å²) < 4.78 is 11.8. The van der Waals surface area contributed by atoms with Gasteiger partial charge in [0.25, 0.3) is 0 Å². The highest BCUT2D eigenvalue weighted by atomic mass is 35.5. The number of hydrogen-bond donors (Lipinski definition) is 0. The first kappa shape index (κ1) is 46.0. The summed E-state index contributed by atoms with van der Waals surface area (Å²) in [6.07, 6.45) is 2.99. The molecule has 11 nitrogen and oxygen atoms in total. The Hall–Kier alpha value is -5.55. The summed E-state index contributed by atoms with van der Waals surface area (Å²) in [7, 11) is 2.63. The summed E-state index contributed by atoms with van der Waals surface area (Å²) in [5.74, 6) is -2.50. The number of hydrogen-bond acceptors (Lipinski definition) is 8. The fourth-order valence-electron chi connectivity index (χ4n) is 8.88. The fraction of sp³-hybridized carbons (Fsp3) is 0.440. The summed E-state index contributed by atoms with van der Waals surface area (Å²) in [5, 5.41) is 0.614. The zero-order chi connectivity index (χ0) is 44.7. The van der Waals surface area contributed by atoms with Crippen molar-refractivity contribution in [3.05, 3.63) is 101 Å². The molecular formula is C50H58ClN3O8. The van der Waals surface area contributed by atoms with Crippen LogP contribution in [0.1, 0.15) is 77.3 Å². The topological polar surface area (TPSA) is 132 Å². The molecule has 328 valence electrons. The van der Waals surface area contributed by atoms with Gasteiger partial charge in [-0.05, 0) is 96.2 Å². The highest BCUT2D eigenvalue weighted by Gasteiger charge is 2.40. The Labute approximate surface area is 369 Å². The first-order chi connectivity index (χ1) is 29.7. The quantitative estimate of drug-likeness (QED) is 0.0969. The second-order valence-electron chi connectivity index (χ2n) is 17.2. The van der Waals surface area contributed by atoms with E-state index in [-0.39, 0.29) is 60.9 Å². The lowest BCUT2D eigenvalue weighted by Gasteiger charge is -2.29. The van der Waals surface area contributed by atoms with Crippen molar-refractivity contribution in [1.82, 2.24) is 14.4 Å². The van der Waals surface area contributed by atoms with E-state index in [4.69, 9.17) is 21.1 Å². The van der Waals surface area contributed by atoms with Gasteiger partial charge in [-0.3, -0.25) is 28.8 Å². The molecule has 2 aliphatic rings. The van der Waals surface area contributed by atoms with Crippen LogP contribution in [0.25, 0.3) is 28.2 Å². The van der Waals surface area contributed by atoms with Crippen LogP contribution < -0.4 is 0 Å². The molecule has 0 spiro atoms. The number of amides is 2. The van der Waals surface area contributed by atoms with Crippen molar-refractivity contribution in [1.29, 1.82) is 0 Å². The lowest BCUT2D eigenvalue weighted by molar-refractivity contribution is -0.149. The Morgan fingerprint density at radius 3 is 1.32 bits per heavy atom. The van der Waals surface area contributed by atoms with Gasteiger partial charge in [0, 0.05) is 36.6 Å². The van der Waals surface area contributed by atoms with Crippen LogP contribution in [-0.4, -0.2) is 89.1 Å². The number of nitrogens with zero attached hydrogens (tertiary/aromatic N) is 3. The van der Waals surface area contributed by atoms with Gasteiger partial charge in [0.05, 0.1) is 62.4 Å². The van der Waals surface area contributed by atoms with Crippen molar-refractivity contribution >= 4 is 46.9 Å². The fourth-order valence-corrected chi connectivity index (χ4v) is 9.00. The van der Waals surface area contributed by atoms with Crippen molar-refractivity contribution in [3.63, 3.8) is 0 Å². The number of methoxy groups -OCH3 is 2. The molecule has 0 saturated carbocycles. The Morgan fingerprint density at radius 2 is 0.968 bits per heavy atom. The van der Waals surface area contributed by atoms with Crippen LogP contribution in [0, 0.1) is 23.7 Å². The number of likely N-dealkylation sites (tertiary alicyclic amines) is 2. The third-order valence-corrected chi connectivity index (χ3v) is 12.8. The Morgan fingerprint density at radius 1 is 0.581 bits per heavy atom. The molecule has 0 unspecified atom stereocenters. The minimum absolute atomic E-state index is 0.0111. The predicted octanol–water partition coefficient (Wildman–Crippen LogP) is 8.34. The normalized spacial score (nSPS) is 17.3. The number of aromatic nitrogens is 1. The first-order valence-electron chi connectivity index (χ1n) is 21.7. The second-order valence-corrected chi connectivity index (χ2v) is 17.7. The van der Waals surface area contributed by atoms with Crippen LogP contribution in [0.15, 0.2) is 84.9 Å². The van der Waals surface area contributed by atoms with E-state index in [0.29, 0.717) is 31.0 Å². The molecule has 4 aromatic rings. The van der Waals surface area contributed by atoms with Crippen molar-refractivity contribution in [2.75, 3.05) is 27.3 Å². The van der Waals surface area contributed by atoms with Crippen LogP contribution in [0.3, 0.4) is 0 Å². The van der Waals surface area contributed by atoms with Crippen LogP contribution >= 0.6 is 11.6 Å². The number of rotatable bonds is 17. The number of benzene rings is 3. The summed E-state index contributed by atoms with van der Waals surface area (Å²) >= 11 is 6.32. The average Bonchev–Trinajstić information content (AvgIpc) is 4.06. The van der Waals surface area contributed by atoms with Gasteiger partial charge in [0.2, 0.25) is 11.8 Å². The van der Waals surface area contributed by atoms with Crippen molar-refractivity contribution < 1.29 is 38.2 Å². The maximum absolute atomic E-state index is 13.7. The van der Waals surface area contributed by atoms with E-state index < -0.39 is 35.9 Å². The van der Waals surface area contributed by atoms with Crippen molar-refractivity contribution in [2.45, 2.75) is 91.1 Å². The van der Waals surface area contributed by atoms with Crippen LogP contribution in [-0.2, 0) is 51.1 Å². The number of carbonyl (C=O) groups is 6. The van der Waals surface area contributed by atoms with Gasteiger partial charge in [-0.15, -0.1) is 0 Å². The van der Waals surface area contributed by atoms with E-state index in [1.54, 1.807) is 9.80 Å². The number of ether oxygens (including phenoxy) is 2. The smallest absolute Gasteiger partial charge is 0.306 e. The molecule has 0 aliphatic carbocycles. The zero-order valence-electron chi connectivity index (χ0n) is 36.6. The van der Waals surface area contributed by atoms with Gasteiger partial charge < -0.3 is 23.8 Å². The average molecular weight is 864 g/mol. The number of Topliss-reactive ketones (excluding diaryl/α,β-unsaturated/α-hetero) is 2. The molecule has 62 heavy (non-hydrogen) atoms. The third kappa shape index (κ3) is 10.5. The van der Waals surface area contributed by atoms with E-state index in [0.717, 1.165) is 52.2 Å². The molecule has 2 fully saturated rings. The number of carbonyl (C=O) groups excluding carboxylic acids is 6. The summed E-state index contributed by atoms with van der Waals surface area (Å²) in [5.41, 5.74) is 6.31. The van der Waals surface area contributed by atoms with Crippen molar-refractivity contribution in [2.24, 2.45) is 23.7 Å². The molecule has 3 heterocycles. The van der Waals surface area contributed by atoms with Gasteiger partial charge in [0.1, 0.15) is 0 Å². The lowest BCUT2D eigenvalue weighted by Crippen LogP contribution is -2.45. The standard InChI is InChI=1S/C50H58ClN3O8/c1-31(2)39(29-47(57)61-5)49(59)52-25-7-9-43(52)45(55)27-33-11-15-35(16-12-33)41-23-24-42(54(41)38-21-19-37(51)20-22-38)36-17-13-34(14-18-36)28-46(56)44-10-8-26-53(44)50(60)40(32(3)4)30-48(58)62-6/h11-24,31-32,39-40,43-44H,7-10,25-30H2,1-6H3/t39-,40-,43-,44-/m0/s1. The number of ketones is 2. The van der Waals surface area contributed by atoms with Gasteiger partial charge in [-0.25, -0.2) is 0 Å². The summed E-state index contributed by atoms with van der Waals surface area (Å²) in [6, 6.07) is 26.5. The predicted molar refractivity (Wildman–Crippen MR) is 238 cm³/mol. The van der Waals surface area contributed by atoms with Gasteiger partial charge in [-0.2, -0.15) is 0 Å². The Bertz CT molecular complexity index is 2110. The third-order valence-electron chi connectivity index (χ3n) is 12.5. The molecule has 0 bridgehead atoms. The molecule has 2 aliphatic heterocycles. The summed E-state index contributed by atoms with van der Waals surface area (Å²) in [4.78, 5) is 82.1. The molecule has 2 saturated heterocycles. The van der Waals surface area contributed by atoms with E-state index >= 15 is 0 Å². The van der Waals surface area contributed by atoms with Crippen LogP contribution in [0.2, 0.25) is 5.02 Å². The van der Waals surface area contributed by atoms with E-state index in [1.807, 2.05) is 100 Å². The Balaban J connectivity index is 1.18. The van der Waals surface area contributed by atoms with Crippen molar-refractivity contribution in [3.8, 4) is 28.2 Å². The van der Waals surface area contributed by atoms with Crippen LogP contribution in [0.5, 0.6) is 0 Å². The largest absolute Gasteiger partial charge is 0.469 e. The van der Waals surface area contributed by atoms with E-state index in [2.05, 4.69) is 16.7 Å². The molecule has 1 aromatic heterocycles. The molecule has 0 N–H and O–H groups in total. The van der Waals surface area contributed by atoms with E-state index in [1.165, 1.54) is 14.2 Å². The minimum atomic E-state index is -0.546. The van der Waals surface area contributed by atoms with Gasteiger partial charge in [-0.1, -0.05) is 87.8 Å². The Kier molecular flexibility index (Phi) is 15.2. The summed E-state index contributed by atoms with van der Waals surface area (Å²) in [6.45, 7) is 8.61. The molecule has 4 atom stereocenters. The second kappa shape index (κ2) is 20.5. The number of halogens is 1. The molecule has 12 heteroatoms. The molecule has 2 amide bonds. The number of esters is 2. The SMILES string of the molecule is COC(=O)C[C@H](C(=O)N1CCC[C@H]1C(=O)Cc1ccc(-c2ccc(-c3ccc(CC(=O)[C@@H]4CCCN4C(=O)[C@@H](CC(=O)OC)C(C)C)cc3)n2-c2ccc(Cl)cc2)cc1)C(C)C. The molecule has 0 radical (unpaired) electrons. The van der Waals surface area contributed by atoms with Gasteiger partial charge >= 0.3 is 11.9 Å². The highest BCUT2D eigenvalue weighted by molar-refractivity contribution is 6.30. The van der Waals surface area contributed by atoms with Gasteiger partial charge in [0.15, 0.2) is 11.6 Å². The zero-order valence-corrected chi connectivity index (χ0v) is 37.4. The van der Waals surface area contributed by atoms with E-state index in [9.17, 15) is 28.8 Å². The highest BCUT2D eigenvalue weighted by Crippen LogP contribution is 2.34. The molecule has 6 rings (SSSR count). The molecular weight excluding hydrogens is 806 g/mol. The molecule has 3 aromatic carbocycles. The monoisotopic (exact) mass is 863 g/mol.